The van der Waals surface area contributed by atoms with E-state index in [1.165, 1.54) is 0 Å². The first kappa shape index (κ1) is 14.5. The second-order valence-electron chi connectivity index (χ2n) is 7.12. The zero-order valence-corrected chi connectivity index (χ0v) is 12.2. The molecule has 4 heteroatoms. The topological polar surface area (TPSA) is 57.6 Å². The van der Waals surface area contributed by atoms with E-state index in [0.29, 0.717) is 18.6 Å². The fourth-order valence-electron chi connectivity index (χ4n) is 3.93. The van der Waals surface area contributed by atoms with Gasteiger partial charge >= 0.3 is 5.97 Å². The van der Waals surface area contributed by atoms with Crippen molar-refractivity contribution in [1.29, 1.82) is 0 Å². The molecule has 1 aliphatic carbocycles. The SMILES string of the molecule is CC(C)(C)C(C(=O)O)C1(N2CCC(=O)CC2)CCC1. The van der Waals surface area contributed by atoms with Crippen LogP contribution < -0.4 is 0 Å². The summed E-state index contributed by atoms with van der Waals surface area (Å²) in [6.07, 6.45) is 4.17. The molecule has 108 valence electrons. The van der Waals surface area contributed by atoms with Gasteiger partial charge in [-0.15, -0.1) is 0 Å². The van der Waals surface area contributed by atoms with Crippen molar-refractivity contribution in [1.82, 2.24) is 4.90 Å². The molecule has 0 aromatic carbocycles. The van der Waals surface area contributed by atoms with E-state index in [2.05, 4.69) is 4.90 Å². The van der Waals surface area contributed by atoms with Crippen LogP contribution in [-0.4, -0.2) is 40.4 Å². The lowest BCUT2D eigenvalue weighted by molar-refractivity contribution is -0.163. The molecule has 2 rings (SSSR count). The van der Waals surface area contributed by atoms with Gasteiger partial charge in [0.15, 0.2) is 0 Å². The zero-order chi connectivity index (χ0) is 14.3. The number of likely N-dealkylation sites (tertiary alicyclic amines) is 1. The monoisotopic (exact) mass is 267 g/mol. The van der Waals surface area contributed by atoms with Crippen LogP contribution in [0.15, 0.2) is 0 Å². The Morgan fingerprint density at radius 2 is 1.79 bits per heavy atom. The standard InChI is InChI=1S/C15H25NO3/c1-14(2,3)12(13(18)19)15(7-4-8-15)16-9-5-11(17)6-10-16/h12H,4-10H2,1-3H3,(H,18,19). The lowest BCUT2D eigenvalue weighted by Crippen LogP contribution is -2.65. The van der Waals surface area contributed by atoms with Gasteiger partial charge < -0.3 is 5.11 Å². The summed E-state index contributed by atoms with van der Waals surface area (Å²) in [5, 5.41) is 9.70. The molecule has 1 aliphatic heterocycles. The quantitative estimate of drug-likeness (QED) is 0.852. The number of ketones is 1. The highest BCUT2D eigenvalue weighted by Crippen LogP contribution is 2.50. The third kappa shape index (κ3) is 2.55. The second kappa shape index (κ2) is 4.89. The van der Waals surface area contributed by atoms with Crippen molar-refractivity contribution in [3.63, 3.8) is 0 Å². The molecule has 0 amide bonds. The van der Waals surface area contributed by atoms with Gasteiger partial charge in [-0.2, -0.15) is 0 Å². The number of carboxylic acid groups (broad SMARTS) is 1. The Bertz CT molecular complexity index is 369. The van der Waals surface area contributed by atoms with Crippen LogP contribution in [0.2, 0.25) is 0 Å². The maximum absolute atomic E-state index is 11.8. The van der Waals surface area contributed by atoms with Crippen molar-refractivity contribution in [2.75, 3.05) is 13.1 Å². The largest absolute Gasteiger partial charge is 0.481 e. The minimum absolute atomic E-state index is 0.217. The van der Waals surface area contributed by atoms with E-state index in [-0.39, 0.29) is 16.9 Å². The minimum atomic E-state index is -0.691. The van der Waals surface area contributed by atoms with Crippen LogP contribution in [0.4, 0.5) is 0 Å². The molecule has 1 heterocycles. The normalized spacial score (nSPS) is 25.7. The first-order chi connectivity index (χ1) is 8.77. The van der Waals surface area contributed by atoms with E-state index < -0.39 is 5.97 Å². The van der Waals surface area contributed by atoms with E-state index in [1.54, 1.807) is 0 Å². The van der Waals surface area contributed by atoms with Crippen LogP contribution in [0.25, 0.3) is 0 Å². The lowest BCUT2D eigenvalue weighted by atomic mass is 9.58. The molecule has 2 fully saturated rings. The summed E-state index contributed by atoms with van der Waals surface area (Å²) in [4.78, 5) is 25.5. The average molecular weight is 267 g/mol. The Morgan fingerprint density at radius 3 is 2.11 bits per heavy atom. The summed E-state index contributed by atoms with van der Waals surface area (Å²) < 4.78 is 0. The van der Waals surface area contributed by atoms with Gasteiger partial charge in [0.1, 0.15) is 5.78 Å². The number of carbonyl (C=O) groups excluding carboxylic acids is 1. The van der Waals surface area contributed by atoms with Crippen LogP contribution in [0, 0.1) is 11.3 Å². The van der Waals surface area contributed by atoms with Gasteiger partial charge in [0.25, 0.3) is 0 Å². The molecular weight excluding hydrogens is 242 g/mol. The van der Waals surface area contributed by atoms with Gasteiger partial charge in [0.05, 0.1) is 5.92 Å². The second-order valence-corrected chi connectivity index (χ2v) is 7.12. The number of Topliss-reactive ketones (excluding diaryl/α,β-unsaturated/α-hetero) is 1. The van der Waals surface area contributed by atoms with Crippen molar-refractivity contribution >= 4 is 11.8 Å². The maximum atomic E-state index is 11.8. The van der Waals surface area contributed by atoms with E-state index in [0.717, 1.165) is 32.4 Å². The number of piperidine rings is 1. The van der Waals surface area contributed by atoms with E-state index in [1.807, 2.05) is 20.8 Å². The first-order valence-corrected chi connectivity index (χ1v) is 7.27. The predicted molar refractivity (Wildman–Crippen MR) is 73.0 cm³/mol. The summed E-state index contributed by atoms with van der Waals surface area (Å²) in [5.74, 6) is -0.737. The van der Waals surface area contributed by atoms with Gasteiger partial charge in [-0.05, 0) is 24.7 Å². The number of carboxylic acids is 1. The fourth-order valence-corrected chi connectivity index (χ4v) is 3.93. The average Bonchev–Trinajstić information content (AvgIpc) is 2.22. The van der Waals surface area contributed by atoms with Crippen LogP contribution in [0.1, 0.15) is 52.9 Å². The first-order valence-electron chi connectivity index (χ1n) is 7.27. The lowest BCUT2D eigenvalue weighted by Gasteiger charge is -2.57. The van der Waals surface area contributed by atoms with Gasteiger partial charge in [-0.25, -0.2) is 0 Å². The molecule has 1 N–H and O–H groups in total. The number of carbonyl (C=O) groups is 2. The Hall–Kier alpha value is -0.900. The van der Waals surface area contributed by atoms with Crippen molar-refractivity contribution in [3.8, 4) is 0 Å². The highest BCUT2D eigenvalue weighted by Gasteiger charge is 2.55. The van der Waals surface area contributed by atoms with Gasteiger partial charge in [0.2, 0.25) is 0 Å². The zero-order valence-electron chi connectivity index (χ0n) is 12.2. The molecule has 1 unspecified atom stereocenters. The van der Waals surface area contributed by atoms with Crippen LogP contribution in [0.5, 0.6) is 0 Å². The van der Waals surface area contributed by atoms with Crippen molar-refractivity contribution < 1.29 is 14.7 Å². The number of hydrogen-bond acceptors (Lipinski definition) is 3. The molecule has 0 spiro atoms. The number of rotatable bonds is 3. The maximum Gasteiger partial charge on any atom is 0.308 e. The minimum Gasteiger partial charge on any atom is -0.481 e. The highest BCUT2D eigenvalue weighted by molar-refractivity contribution is 5.79. The van der Waals surface area contributed by atoms with Crippen LogP contribution in [0.3, 0.4) is 0 Å². The van der Waals surface area contributed by atoms with Crippen molar-refractivity contribution in [2.45, 2.75) is 58.4 Å². The molecule has 1 saturated carbocycles. The Balaban J connectivity index is 2.25. The highest BCUT2D eigenvalue weighted by atomic mass is 16.4. The number of nitrogens with zero attached hydrogens (tertiary/aromatic N) is 1. The number of hydrogen-bond donors (Lipinski definition) is 1. The molecule has 0 bridgehead atoms. The van der Waals surface area contributed by atoms with Crippen molar-refractivity contribution in [2.24, 2.45) is 11.3 Å². The van der Waals surface area contributed by atoms with Gasteiger partial charge in [-0.3, -0.25) is 14.5 Å². The Morgan fingerprint density at radius 1 is 1.26 bits per heavy atom. The van der Waals surface area contributed by atoms with E-state index in [4.69, 9.17) is 0 Å². The summed E-state index contributed by atoms with van der Waals surface area (Å²) in [6, 6.07) is 0. The molecule has 0 radical (unpaired) electrons. The van der Waals surface area contributed by atoms with E-state index in [9.17, 15) is 14.7 Å². The summed E-state index contributed by atoms with van der Waals surface area (Å²) in [5.41, 5.74) is -0.474. The summed E-state index contributed by atoms with van der Waals surface area (Å²) in [7, 11) is 0. The molecule has 1 saturated heterocycles. The van der Waals surface area contributed by atoms with Crippen molar-refractivity contribution in [3.05, 3.63) is 0 Å². The number of aliphatic carboxylic acids is 1. The molecule has 0 aromatic heterocycles. The molecule has 0 aromatic rings. The summed E-state index contributed by atoms with van der Waals surface area (Å²) in [6.45, 7) is 7.51. The Labute approximate surface area is 115 Å². The smallest absolute Gasteiger partial charge is 0.308 e. The Kier molecular flexibility index (Phi) is 3.74. The molecule has 1 atom stereocenters. The molecule has 2 aliphatic rings. The van der Waals surface area contributed by atoms with Crippen LogP contribution >= 0.6 is 0 Å². The third-order valence-electron chi connectivity index (χ3n) is 4.82. The molecular formula is C15H25NO3. The van der Waals surface area contributed by atoms with E-state index >= 15 is 0 Å². The predicted octanol–water partition coefficient (Wildman–Crippen LogP) is 2.32. The van der Waals surface area contributed by atoms with Gasteiger partial charge in [-0.1, -0.05) is 20.8 Å². The molecule has 19 heavy (non-hydrogen) atoms. The summed E-state index contributed by atoms with van der Waals surface area (Å²) >= 11 is 0. The fraction of sp³-hybridized carbons (Fsp3) is 0.867. The van der Waals surface area contributed by atoms with Gasteiger partial charge in [0, 0.05) is 31.5 Å². The third-order valence-corrected chi connectivity index (χ3v) is 4.82. The van der Waals surface area contributed by atoms with Crippen LogP contribution in [-0.2, 0) is 9.59 Å². The molecule has 4 nitrogen and oxygen atoms in total.